The largest absolute Gasteiger partial charge is 0.452 e. The van der Waals surface area contributed by atoms with Crippen molar-refractivity contribution in [3.8, 4) is 0 Å². The molecule has 0 radical (unpaired) electrons. The molecule has 0 bridgehead atoms. The van der Waals surface area contributed by atoms with Gasteiger partial charge in [0.05, 0.1) is 4.92 Å². The fourth-order valence-corrected chi connectivity index (χ4v) is 1.96. The van der Waals surface area contributed by atoms with Crippen molar-refractivity contribution in [1.82, 2.24) is 0 Å². The number of aryl methyl sites for hydroxylation is 1. The average molecular weight is 358 g/mol. The minimum Gasteiger partial charge on any atom is -0.452 e. The number of nitrogens with one attached hydrogen (secondary N) is 1. The third kappa shape index (κ3) is 5.52. The second-order valence-electron chi connectivity index (χ2n) is 5.31. The van der Waals surface area contributed by atoms with E-state index in [-0.39, 0.29) is 11.4 Å². The van der Waals surface area contributed by atoms with E-state index >= 15 is 0 Å². The molecule has 2 aromatic carbocycles. The number of benzene rings is 2. The van der Waals surface area contributed by atoms with Crippen molar-refractivity contribution in [2.45, 2.75) is 6.92 Å². The van der Waals surface area contributed by atoms with E-state index < -0.39 is 29.2 Å². The summed E-state index contributed by atoms with van der Waals surface area (Å²) in [5, 5.41) is 13.1. The van der Waals surface area contributed by atoms with Crippen molar-refractivity contribution in [3.63, 3.8) is 0 Å². The number of carbonyl (C=O) groups is 2. The SMILES string of the molecule is Cc1ccc(NC(=O)COC(=O)/C=C/c2cccc([N+](=O)[O-])c2)cc1F. The Morgan fingerprint density at radius 2 is 2.04 bits per heavy atom. The van der Waals surface area contributed by atoms with Gasteiger partial charge in [-0.15, -0.1) is 0 Å². The van der Waals surface area contributed by atoms with Crippen LogP contribution in [0.25, 0.3) is 6.08 Å². The summed E-state index contributed by atoms with van der Waals surface area (Å²) in [6.45, 7) is 1.05. The highest BCUT2D eigenvalue weighted by Crippen LogP contribution is 2.15. The van der Waals surface area contributed by atoms with Crippen molar-refractivity contribution in [1.29, 1.82) is 0 Å². The summed E-state index contributed by atoms with van der Waals surface area (Å²) in [6, 6.07) is 9.89. The second kappa shape index (κ2) is 8.52. The van der Waals surface area contributed by atoms with Crippen LogP contribution < -0.4 is 5.32 Å². The molecule has 0 spiro atoms. The zero-order valence-corrected chi connectivity index (χ0v) is 13.8. The number of non-ortho nitro benzene ring substituents is 1. The highest BCUT2D eigenvalue weighted by molar-refractivity contribution is 5.94. The fourth-order valence-electron chi connectivity index (χ4n) is 1.96. The molecule has 1 amide bonds. The number of rotatable bonds is 6. The molecule has 0 aromatic heterocycles. The number of esters is 1. The number of amides is 1. The van der Waals surface area contributed by atoms with Crippen molar-refractivity contribution in [2.24, 2.45) is 0 Å². The van der Waals surface area contributed by atoms with Gasteiger partial charge in [0.2, 0.25) is 0 Å². The number of halogens is 1. The molecular weight excluding hydrogens is 343 g/mol. The van der Waals surface area contributed by atoms with E-state index in [0.717, 1.165) is 12.1 Å². The van der Waals surface area contributed by atoms with Gasteiger partial charge >= 0.3 is 5.97 Å². The van der Waals surface area contributed by atoms with Crippen LogP contribution in [0.15, 0.2) is 48.5 Å². The molecule has 8 heteroatoms. The Bertz CT molecular complexity index is 880. The van der Waals surface area contributed by atoms with Crippen molar-refractivity contribution < 1.29 is 23.6 Å². The van der Waals surface area contributed by atoms with E-state index in [2.05, 4.69) is 5.32 Å². The molecule has 7 nitrogen and oxygen atoms in total. The molecule has 0 aliphatic rings. The van der Waals surface area contributed by atoms with Crippen LogP contribution in [0.2, 0.25) is 0 Å². The monoisotopic (exact) mass is 358 g/mol. The number of anilines is 1. The van der Waals surface area contributed by atoms with Gasteiger partial charge in [0.15, 0.2) is 6.61 Å². The molecule has 2 rings (SSSR count). The van der Waals surface area contributed by atoms with Crippen molar-refractivity contribution in [3.05, 3.63) is 75.6 Å². The maximum atomic E-state index is 13.4. The van der Waals surface area contributed by atoms with E-state index in [4.69, 9.17) is 4.74 Å². The lowest BCUT2D eigenvalue weighted by Crippen LogP contribution is -2.20. The molecule has 0 saturated heterocycles. The topological polar surface area (TPSA) is 98.5 Å². The van der Waals surface area contributed by atoms with Gasteiger partial charge in [-0.2, -0.15) is 0 Å². The van der Waals surface area contributed by atoms with Gasteiger partial charge in [0.1, 0.15) is 5.82 Å². The number of carbonyl (C=O) groups excluding carboxylic acids is 2. The quantitative estimate of drug-likeness (QED) is 0.370. The Hall–Kier alpha value is -3.55. The van der Waals surface area contributed by atoms with Gasteiger partial charge in [-0.05, 0) is 36.3 Å². The molecule has 0 saturated carbocycles. The molecule has 1 N–H and O–H groups in total. The lowest BCUT2D eigenvalue weighted by Gasteiger charge is -2.06. The molecule has 0 unspecified atom stereocenters. The van der Waals surface area contributed by atoms with E-state index in [1.807, 2.05) is 0 Å². The Labute approximate surface area is 148 Å². The van der Waals surface area contributed by atoms with Crippen LogP contribution in [0, 0.1) is 22.9 Å². The molecule has 134 valence electrons. The zero-order valence-electron chi connectivity index (χ0n) is 13.8. The molecule has 2 aromatic rings. The zero-order chi connectivity index (χ0) is 19.1. The first-order valence-electron chi connectivity index (χ1n) is 7.50. The number of nitrogens with zero attached hydrogens (tertiary/aromatic N) is 1. The van der Waals surface area contributed by atoms with E-state index in [1.165, 1.54) is 36.4 Å². The standard InChI is InChI=1S/C18H15FN2O5/c1-12-5-7-14(10-16(12)19)20-17(22)11-26-18(23)8-6-13-3-2-4-15(9-13)21(24)25/h2-10H,11H2,1H3,(H,20,22)/b8-6+. The normalized spacial score (nSPS) is 10.5. The van der Waals surface area contributed by atoms with Crippen LogP contribution in [0.1, 0.15) is 11.1 Å². The van der Waals surface area contributed by atoms with Crippen molar-refractivity contribution >= 4 is 29.3 Å². The summed E-state index contributed by atoms with van der Waals surface area (Å²) in [6.07, 6.45) is 2.39. The molecule has 0 aliphatic carbocycles. The lowest BCUT2D eigenvalue weighted by atomic mass is 10.2. The maximum Gasteiger partial charge on any atom is 0.331 e. The number of ether oxygens (including phenoxy) is 1. The predicted octanol–water partition coefficient (Wildman–Crippen LogP) is 3.24. The summed E-state index contributed by atoms with van der Waals surface area (Å²) in [4.78, 5) is 33.4. The number of hydrogen-bond donors (Lipinski definition) is 1. The molecule has 26 heavy (non-hydrogen) atoms. The second-order valence-corrected chi connectivity index (χ2v) is 5.31. The lowest BCUT2D eigenvalue weighted by molar-refractivity contribution is -0.384. The summed E-state index contributed by atoms with van der Waals surface area (Å²) in [5.41, 5.74) is 1.03. The first-order valence-corrected chi connectivity index (χ1v) is 7.50. The van der Waals surface area contributed by atoms with Gasteiger partial charge in [0, 0.05) is 23.9 Å². The molecule has 0 aliphatic heterocycles. The number of nitro benzene ring substituents is 1. The van der Waals surface area contributed by atoms with E-state index in [0.29, 0.717) is 11.1 Å². The van der Waals surface area contributed by atoms with Crippen LogP contribution in [0.5, 0.6) is 0 Å². The predicted molar refractivity (Wildman–Crippen MR) is 92.9 cm³/mol. The van der Waals surface area contributed by atoms with Crippen LogP contribution in [-0.2, 0) is 14.3 Å². The summed E-state index contributed by atoms with van der Waals surface area (Å²) in [7, 11) is 0. The van der Waals surface area contributed by atoms with Gasteiger partial charge in [-0.25, -0.2) is 9.18 Å². The molecule has 0 heterocycles. The smallest absolute Gasteiger partial charge is 0.331 e. The maximum absolute atomic E-state index is 13.4. The van der Waals surface area contributed by atoms with Crippen LogP contribution in [-0.4, -0.2) is 23.4 Å². The summed E-state index contributed by atoms with van der Waals surface area (Å²) in [5.74, 6) is -1.87. The van der Waals surface area contributed by atoms with Crippen molar-refractivity contribution in [2.75, 3.05) is 11.9 Å². The van der Waals surface area contributed by atoms with Gasteiger partial charge in [0.25, 0.3) is 11.6 Å². The highest BCUT2D eigenvalue weighted by atomic mass is 19.1. The van der Waals surface area contributed by atoms with Crippen LogP contribution in [0.4, 0.5) is 15.8 Å². The first kappa shape index (κ1) is 18.8. The summed E-state index contributed by atoms with van der Waals surface area (Å²) < 4.78 is 18.2. The summed E-state index contributed by atoms with van der Waals surface area (Å²) >= 11 is 0. The fraction of sp³-hybridized carbons (Fsp3) is 0.111. The van der Waals surface area contributed by atoms with Crippen LogP contribution in [0.3, 0.4) is 0 Å². The Balaban J connectivity index is 1.85. The first-order chi connectivity index (χ1) is 12.3. The number of hydrogen-bond acceptors (Lipinski definition) is 5. The van der Waals surface area contributed by atoms with E-state index in [1.54, 1.807) is 13.0 Å². The molecular formula is C18H15FN2O5. The minimum atomic E-state index is -0.790. The Kier molecular flexibility index (Phi) is 6.15. The molecule has 0 fully saturated rings. The molecule has 0 atom stereocenters. The Morgan fingerprint density at radius 1 is 1.27 bits per heavy atom. The minimum absolute atomic E-state index is 0.106. The van der Waals surface area contributed by atoms with Crippen LogP contribution >= 0.6 is 0 Å². The van der Waals surface area contributed by atoms with Gasteiger partial charge < -0.3 is 10.1 Å². The highest BCUT2D eigenvalue weighted by Gasteiger charge is 2.08. The third-order valence-corrected chi connectivity index (χ3v) is 3.29. The van der Waals surface area contributed by atoms with Gasteiger partial charge in [-0.1, -0.05) is 18.2 Å². The number of nitro groups is 1. The third-order valence-electron chi connectivity index (χ3n) is 3.29. The average Bonchev–Trinajstić information content (AvgIpc) is 2.61. The van der Waals surface area contributed by atoms with E-state index in [9.17, 15) is 24.1 Å². The van der Waals surface area contributed by atoms with Gasteiger partial charge in [-0.3, -0.25) is 14.9 Å². The Morgan fingerprint density at radius 3 is 2.73 bits per heavy atom.